The normalized spacial score (nSPS) is 18.4. The smallest absolute Gasteiger partial charge is 0.0624 e. The van der Waals surface area contributed by atoms with Gasteiger partial charge in [-0.3, -0.25) is 16.2 Å². The molecule has 0 saturated carbocycles. The van der Waals surface area contributed by atoms with Gasteiger partial charge in [0.25, 0.3) is 0 Å². The highest BCUT2D eigenvalue weighted by Crippen LogP contribution is 2.30. The van der Waals surface area contributed by atoms with Gasteiger partial charge < -0.3 is 0 Å². The molecule has 0 aliphatic carbocycles. The first-order chi connectivity index (χ1) is 9.46. The summed E-state index contributed by atoms with van der Waals surface area (Å²) in [6.45, 7) is 6.74. The van der Waals surface area contributed by atoms with Crippen LogP contribution in [0.15, 0.2) is 18.2 Å². The molecular weight excluding hydrogens is 293 g/mol. The minimum Gasteiger partial charge on any atom is -0.297 e. The summed E-state index contributed by atoms with van der Waals surface area (Å²) in [7, 11) is 0. The summed E-state index contributed by atoms with van der Waals surface area (Å²) in [5.74, 6) is 5.81. The monoisotopic (exact) mass is 315 g/mol. The molecule has 0 spiro atoms. The van der Waals surface area contributed by atoms with Crippen molar-refractivity contribution in [2.24, 2.45) is 5.84 Å². The van der Waals surface area contributed by atoms with Crippen LogP contribution in [0.3, 0.4) is 0 Å². The topological polar surface area (TPSA) is 41.3 Å². The summed E-state index contributed by atoms with van der Waals surface area (Å²) in [5.41, 5.74) is 3.99. The number of hydrogen-bond donors (Lipinski definition) is 2. The van der Waals surface area contributed by atoms with Crippen LogP contribution < -0.4 is 11.3 Å². The van der Waals surface area contributed by atoms with E-state index >= 15 is 0 Å². The zero-order chi connectivity index (χ0) is 14.8. The fraction of sp³-hybridized carbons (Fsp3) is 0.600. The standard InChI is InChI=1S/C15H23Cl2N3/c1-15(2,20-8-3-4-9-20)13(19-18)10-11-6-5-7-12(16)14(11)17/h5-7,13,19H,3-4,8-10,18H2,1-2H3. The van der Waals surface area contributed by atoms with Gasteiger partial charge in [-0.15, -0.1) is 0 Å². The molecule has 1 unspecified atom stereocenters. The number of rotatable bonds is 5. The van der Waals surface area contributed by atoms with E-state index in [4.69, 9.17) is 29.0 Å². The van der Waals surface area contributed by atoms with Gasteiger partial charge in [-0.05, 0) is 57.8 Å². The minimum absolute atomic E-state index is 0.0170. The number of hydrazine groups is 1. The number of nitrogens with two attached hydrogens (primary N) is 1. The fourth-order valence-electron chi connectivity index (χ4n) is 2.95. The lowest BCUT2D eigenvalue weighted by molar-refractivity contribution is 0.106. The van der Waals surface area contributed by atoms with Crippen molar-refractivity contribution in [3.8, 4) is 0 Å². The molecule has 2 rings (SSSR count). The summed E-state index contributed by atoms with van der Waals surface area (Å²) < 4.78 is 0. The van der Waals surface area contributed by atoms with E-state index in [1.54, 1.807) is 0 Å². The van der Waals surface area contributed by atoms with E-state index in [0.29, 0.717) is 10.0 Å². The Bertz CT molecular complexity index is 456. The van der Waals surface area contributed by atoms with E-state index in [1.165, 1.54) is 12.8 Å². The predicted octanol–water partition coefficient (Wildman–Crippen LogP) is 3.24. The van der Waals surface area contributed by atoms with Gasteiger partial charge in [0, 0.05) is 11.6 Å². The molecule has 3 nitrogen and oxygen atoms in total. The van der Waals surface area contributed by atoms with Crippen molar-refractivity contribution in [1.82, 2.24) is 10.3 Å². The van der Waals surface area contributed by atoms with Crippen molar-refractivity contribution in [3.63, 3.8) is 0 Å². The second-order valence-electron chi connectivity index (χ2n) is 5.98. The highest BCUT2D eigenvalue weighted by Gasteiger charge is 2.36. The predicted molar refractivity (Wildman–Crippen MR) is 86.2 cm³/mol. The zero-order valence-corrected chi connectivity index (χ0v) is 13.6. The van der Waals surface area contributed by atoms with Gasteiger partial charge >= 0.3 is 0 Å². The first kappa shape index (κ1) is 16.1. The maximum absolute atomic E-state index is 6.29. The molecule has 0 aromatic heterocycles. The van der Waals surface area contributed by atoms with E-state index < -0.39 is 0 Å². The van der Waals surface area contributed by atoms with E-state index in [2.05, 4.69) is 24.2 Å². The van der Waals surface area contributed by atoms with E-state index in [-0.39, 0.29) is 11.6 Å². The Labute approximate surface area is 131 Å². The Hall–Kier alpha value is -0.320. The van der Waals surface area contributed by atoms with E-state index in [1.807, 2.05) is 18.2 Å². The molecule has 1 aromatic carbocycles. The van der Waals surface area contributed by atoms with Crippen molar-refractivity contribution in [2.75, 3.05) is 13.1 Å². The number of benzene rings is 1. The third kappa shape index (κ3) is 3.29. The Balaban J connectivity index is 2.17. The zero-order valence-electron chi connectivity index (χ0n) is 12.1. The molecule has 0 amide bonds. The molecule has 112 valence electrons. The summed E-state index contributed by atoms with van der Waals surface area (Å²) in [5, 5.41) is 1.23. The summed E-state index contributed by atoms with van der Waals surface area (Å²) >= 11 is 12.4. The van der Waals surface area contributed by atoms with Crippen LogP contribution in [-0.4, -0.2) is 29.6 Å². The number of hydrogen-bond acceptors (Lipinski definition) is 3. The second kappa shape index (κ2) is 6.63. The first-order valence-corrected chi connectivity index (χ1v) is 7.86. The van der Waals surface area contributed by atoms with Crippen LogP contribution in [0.1, 0.15) is 32.3 Å². The lowest BCUT2D eigenvalue weighted by atomic mass is 9.88. The van der Waals surface area contributed by atoms with Crippen molar-refractivity contribution < 1.29 is 0 Å². The van der Waals surface area contributed by atoms with E-state index in [9.17, 15) is 0 Å². The molecule has 0 radical (unpaired) electrons. The molecular formula is C15H23Cl2N3. The summed E-state index contributed by atoms with van der Waals surface area (Å²) in [6.07, 6.45) is 3.29. The van der Waals surface area contributed by atoms with Crippen LogP contribution >= 0.6 is 23.2 Å². The van der Waals surface area contributed by atoms with Gasteiger partial charge in [0.1, 0.15) is 0 Å². The number of nitrogens with zero attached hydrogens (tertiary/aromatic N) is 1. The molecule has 3 N–H and O–H groups in total. The molecule has 20 heavy (non-hydrogen) atoms. The largest absolute Gasteiger partial charge is 0.297 e. The van der Waals surface area contributed by atoms with Crippen LogP contribution in [0.5, 0.6) is 0 Å². The van der Waals surface area contributed by atoms with Crippen molar-refractivity contribution in [2.45, 2.75) is 44.7 Å². The molecule has 1 fully saturated rings. The van der Waals surface area contributed by atoms with Crippen molar-refractivity contribution >= 4 is 23.2 Å². The number of likely N-dealkylation sites (tertiary alicyclic amines) is 1. The van der Waals surface area contributed by atoms with Crippen LogP contribution in [0, 0.1) is 0 Å². The number of nitrogens with one attached hydrogen (secondary N) is 1. The van der Waals surface area contributed by atoms with Gasteiger partial charge in [-0.25, -0.2) is 0 Å². The highest BCUT2D eigenvalue weighted by atomic mass is 35.5. The minimum atomic E-state index is -0.0170. The average molecular weight is 316 g/mol. The molecule has 1 aromatic rings. The van der Waals surface area contributed by atoms with Gasteiger partial charge in [0.2, 0.25) is 0 Å². The molecule has 0 bridgehead atoms. The van der Waals surface area contributed by atoms with Crippen molar-refractivity contribution in [3.05, 3.63) is 33.8 Å². The number of halogens is 2. The first-order valence-electron chi connectivity index (χ1n) is 7.11. The van der Waals surface area contributed by atoms with Crippen LogP contribution in [-0.2, 0) is 6.42 Å². The maximum Gasteiger partial charge on any atom is 0.0624 e. The molecule has 1 saturated heterocycles. The third-order valence-corrected chi connectivity index (χ3v) is 5.29. The van der Waals surface area contributed by atoms with Gasteiger partial charge in [0.05, 0.1) is 10.0 Å². The van der Waals surface area contributed by atoms with Crippen molar-refractivity contribution in [1.29, 1.82) is 0 Å². The maximum atomic E-state index is 6.29. The summed E-state index contributed by atoms with van der Waals surface area (Å²) in [4.78, 5) is 2.50. The molecule has 1 atom stereocenters. The lowest BCUT2D eigenvalue weighted by Crippen LogP contribution is -2.59. The molecule has 1 aliphatic rings. The van der Waals surface area contributed by atoms with Crippen LogP contribution in [0.25, 0.3) is 0 Å². The Kier molecular flexibility index (Phi) is 5.32. The summed E-state index contributed by atoms with van der Waals surface area (Å²) in [6, 6.07) is 5.87. The third-order valence-electron chi connectivity index (χ3n) is 4.43. The second-order valence-corrected chi connectivity index (χ2v) is 6.77. The average Bonchev–Trinajstić information content (AvgIpc) is 2.95. The van der Waals surface area contributed by atoms with Crippen LogP contribution in [0.2, 0.25) is 10.0 Å². The quantitative estimate of drug-likeness (QED) is 0.647. The lowest BCUT2D eigenvalue weighted by Gasteiger charge is -2.42. The van der Waals surface area contributed by atoms with E-state index in [0.717, 1.165) is 25.1 Å². The Morgan fingerprint density at radius 3 is 2.55 bits per heavy atom. The molecule has 1 heterocycles. The molecule has 1 aliphatic heterocycles. The highest BCUT2D eigenvalue weighted by molar-refractivity contribution is 6.42. The van der Waals surface area contributed by atoms with Crippen LogP contribution in [0.4, 0.5) is 0 Å². The fourth-order valence-corrected chi connectivity index (χ4v) is 3.35. The Morgan fingerprint density at radius 2 is 1.95 bits per heavy atom. The van der Waals surface area contributed by atoms with Gasteiger partial charge in [0.15, 0.2) is 0 Å². The molecule has 5 heteroatoms. The van der Waals surface area contributed by atoms with Gasteiger partial charge in [-0.2, -0.15) is 0 Å². The van der Waals surface area contributed by atoms with Gasteiger partial charge in [-0.1, -0.05) is 35.3 Å². The SMILES string of the molecule is CC(C)(C(Cc1cccc(Cl)c1Cl)NN)N1CCCC1. The Morgan fingerprint density at radius 1 is 1.30 bits per heavy atom.